The van der Waals surface area contributed by atoms with Gasteiger partial charge in [0.2, 0.25) is 0 Å². The van der Waals surface area contributed by atoms with Crippen molar-refractivity contribution in [2.75, 3.05) is 11.6 Å². The third kappa shape index (κ3) is 4.11. The molecule has 1 N–H and O–H groups in total. The van der Waals surface area contributed by atoms with Crippen LogP contribution < -0.4 is 5.32 Å². The van der Waals surface area contributed by atoms with Gasteiger partial charge in [0, 0.05) is 23.6 Å². The van der Waals surface area contributed by atoms with Crippen molar-refractivity contribution in [2.24, 2.45) is 0 Å². The summed E-state index contributed by atoms with van der Waals surface area (Å²) in [5, 5.41) is 2.99. The minimum Gasteiger partial charge on any atom is -0.306 e. The molecule has 152 valence electrons. The van der Waals surface area contributed by atoms with Gasteiger partial charge < -0.3 is 5.32 Å². The highest BCUT2D eigenvalue weighted by molar-refractivity contribution is 7.89. The van der Waals surface area contributed by atoms with E-state index in [-0.39, 0.29) is 11.7 Å². The first kappa shape index (κ1) is 19.8. The standard InChI is InChI=1S/C23H21N3O3S/c1-16-7-6-14-26-21(16)24-20(18-8-4-3-5-9-18)22(26)25-23(27)19-12-10-17(11-13-19)15-30(2,28)29/h3-14H,15H2,1-2H3,(H,25,27). The lowest BCUT2D eigenvalue weighted by Gasteiger charge is -2.09. The zero-order valence-corrected chi connectivity index (χ0v) is 17.5. The van der Waals surface area contributed by atoms with Crippen molar-refractivity contribution < 1.29 is 13.2 Å². The molecule has 0 aliphatic carbocycles. The predicted octanol–water partition coefficient (Wildman–Crippen LogP) is 4.11. The van der Waals surface area contributed by atoms with Crippen LogP contribution in [0.3, 0.4) is 0 Å². The number of amides is 1. The third-order valence-corrected chi connectivity index (χ3v) is 5.63. The smallest absolute Gasteiger partial charge is 0.256 e. The number of anilines is 1. The lowest BCUT2D eigenvalue weighted by molar-refractivity contribution is 0.102. The number of fused-ring (bicyclic) bond motifs is 1. The summed E-state index contributed by atoms with van der Waals surface area (Å²) in [6.45, 7) is 1.98. The molecule has 4 rings (SSSR count). The highest BCUT2D eigenvalue weighted by Gasteiger charge is 2.18. The molecular weight excluding hydrogens is 398 g/mol. The van der Waals surface area contributed by atoms with E-state index in [1.165, 1.54) is 6.26 Å². The van der Waals surface area contributed by atoms with Gasteiger partial charge in [0.25, 0.3) is 5.91 Å². The Morgan fingerprint density at radius 1 is 1.00 bits per heavy atom. The number of hydrogen-bond donors (Lipinski definition) is 1. The molecule has 0 aliphatic heterocycles. The number of carbonyl (C=O) groups is 1. The van der Waals surface area contributed by atoms with Crippen LogP contribution in [-0.2, 0) is 15.6 Å². The number of imidazole rings is 1. The van der Waals surface area contributed by atoms with Crippen LogP contribution in [0.1, 0.15) is 21.5 Å². The molecule has 0 bridgehead atoms. The summed E-state index contributed by atoms with van der Waals surface area (Å²) < 4.78 is 24.8. The van der Waals surface area contributed by atoms with Crippen molar-refractivity contribution in [3.63, 3.8) is 0 Å². The number of aryl methyl sites for hydroxylation is 1. The van der Waals surface area contributed by atoms with Crippen molar-refractivity contribution in [3.05, 3.63) is 89.6 Å². The lowest BCUT2D eigenvalue weighted by atomic mass is 10.1. The lowest BCUT2D eigenvalue weighted by Crippen LogP contribution is -2.14. The molecule has 6 nitrogen and oxygen atoms in total. The molecular formula is C23H21N3O3S. The van der Waals surface area contributed by atoms with Crippen LogP contribution >= 0.6 is 0 Å². The second-order valence-corrected chi connectivity index (χ2v) is 9.42. The van der Waals surface area contributed by atoms with Gasteiger partial charge in [-0.05, 0) is 36.2 Å². The first-order chi connectivity index (χ1) is 14.3. The largest absolute Gasteiger partial charge is 0.306 e. The Hall–Kier alpha value is -3.45. The number of pyridine rings is 1. The Morgan fingerprint density at radius 2 is 1.70 bits per heavy atom. The normalized spacial score (nSPS) is 11.5. The first-order valence-corrected chi connectivity index (χ1v) is 11.5. The first-order valence-electron chi connectivity index (χ1n) is 9.43. The Morgan fingerprint density at radius 3 is 2.37 bits per heavy atom. The van der Waals surface area contributed by atoms with E-state index in [0.29, 0.717) is 22.6 Å². The maximum Gasteiger partial charge on any atom is 0.256 e. The fourth-order valence-electron chi connectivity index (χ4n) is 3.36. The number of carbonyl (C=O) groups excluding carboxylic acids is 1. The minimum atomic E-state index is -3.13. The zero-order chi connectivity index (χ0) is 21.3. The number of benzene rings is 2. The van der Waals surface area contributed by atoms with Crippen LogP contribution in [0, 0.1) is 6.92 Å². The Balaban J connectivity index is 1.71. The molecule has 0 spiro atoms. The Labute approximate surface area is 175 Å². The van der Waals surface area contributed by atoms with E-state index in [9.17, 15) is 13.2 Å². The number of hydrogen-bond acceptors (Lipinski definition) is 4. The van der Waals surface area contributed by atoms with Crippen LogP contribution in [-0.4, -0.2) is 30.0 Å². The molecule has 0 radical (unpaired) electrons. The van der Waals surface area contributed by atoms with Gasteiger partial charge in [-0.2, -0.15) is 0 Å². The van der Waals surface area contributed by atoms with Crippen LogP contribution in [0.5, 0.6) is 0 Å². The Bertz CT molecular complexity index is 1330. The maximum atomic E-state index is 13.0. The van der Waals surface area contributed by atoms with Crippen molar-refractivity contribution in [3.8, 4) is 11.3 Å². The van der Waals surface area contributed by atoms with Crippen LogP contribution in [0.15, 0.2) is 72.9 Å². The van der Waals surface area contributed by atoms with E-state index in [0.717, 1.165) is 16.8 Å². The fraction of sp³-hybridized carbons (Fsp3) is 0.130. The summed E-state index contributed by atoms with van der Waals surface area (Å²) in [4.78, 5) is 17.7. The van der Waals surface area contributed by atoms with Gasteiger partial charge in [0.15, 0.2) is 9.84 Å². The molecule has 0 atom stereocenters. The van der Waals surface area contributed by atoms with E-state index in [4.69, 9.17) is 4.98 Å². The molecule has 0 aliphatic rings. The summed E-state index contributed by atoms with van der Waals surface area (Å²) >= 11 is 0. The molecule has 0 saturated heterocycles. The molecule has 4 aromatic rings. The van der Waals surface area contributed by atoms with Crippen LogP contribution in [0.2, 0.25) is 0 Å². The van der Waals surface area contributed by atoms with E-state index in [1.807, 2.05) is 60.0 Å². The second kappa shape index (κ2) is 7.76. The number of nitrogens with one attached hydrogen (secondary N) is 1. The average molecular weight is 420 g/mol. The van der Waals surface area contributed by atoms with E-state index in [2.05, 4.69) is 5.32 Å². The molecule has 30 heavy (non-hydrogen) atoms. The quantitative estimate of drug-likeness (QED) is 0.528. The highest BCUT2D eigenvalue weighted by Crippen LogP contribution is 2.30. The third-order valence-electron chi connectivity index (χ3n) is 4.77. The maximum absolute atomic E-state index is 13.0. The van der Waals surface area contributed by atoms with Crippen molar-refractivity contribution in [2.45, 2.75) is 12.7 Å². The van der Waals surface area contributed by atoms with Gasteiger partial charge in [-0.1, -0.05) is 48.5 Å². The predicted molar refractivity (Wildman–Crippen MR) is 118 cm³/mol. The molecule has 2 heterocycles. The summed E-state index contributed by atoms with van der Waals surface area (Å²) in [6, 6.07) is 20.2. The van der Waals surface area contributed by atoms with Crippen LogP contribution in [0.4, 0.5) is 5.82 Å². The van der Waals surface area contributed by atoms with Gasteiger partial charge in [-0.15, -0.1) is 0 Å². The van der Waals surface area contributed by atoms with Gasteiger partial charge >= 0.3 is 0 Å². The zero-order valence-electron chi connectivity index (χ0n) is 16.7. The highest BCUT2D eigenvalue weighted by atomic mass is 32.2. The van der Waals surface area contributed by atoms with E-state index < -0.39 is 9.84 Å². The van der Waals surface area contributed by atoms with E-state index in [1.54, 1.807) is 24.3 Å². The number of rotatable bonds is 5. The summed E-state index contributed by atoms with van der Waals surface area (Å²) in [6.07, 6.45) is 3.05. The van der Waals surface area contributed by atoms with Crippen molar-refractivity contribution in [1.29, 1.82) is 0 Å². The van der Waals surface area contributed by atoms with Gasteiger partial charge in [-0.25, -0.2) is 13.4 Å². The molecule has 7 heteroatoms. The summed E-state index contributed by atoms with van der Waals surface area (Å²) in [5.74, 6) is 0.242. The average Bonchev–Trinajstić information content (AvgIpc) is 3.08. The van der Waals surface area contributed by atoms with Crippen molar-refractivity contribution >= 4 is 27.2 Å². The molecule has 0 unspecified atom stereocenters. The van der Waals surface area contributed by atoms with Gasteiger partial charge in [0.05, 0.1) is 5.75 Å². The van der Waals surface area contributed by atoms with Gasteiger partial charge in [0.1, 0.15) is 17.2 Å². The number of nitrogens with zero attached hydrogens (tertiary/aromatic N) is 2. The number of sulfone groups is 1. The van der Waals surface area contributed by atoms with Crippen LogP contribution in [0.25, 0.3) is 16.9 Å². The van der Waals surface area contributed by atoms with Crippen molar-refractivity contribution in [1.82, 2.24) is 9.38 Å². The molecule has 2 aromatic heterocycles. The molecule has 2 aromatic carbocycles. The van der Waals surface area contributed by atoms with E-state index >= 15 is 0 Å². The Kier molecular flexibility index (Phi) is 5.13. The fourth-order valence-corrected chi connectivity index (χ4v) is 4.15. The summed E-state index contributed by atoms with van der Waals surface area (Å²) in [7, 11) is -3.13. The molecule has 1 amide bonds. The number of aromatic nitrogens is 2. The minimum absolute atomic E-state index is 0.0560. The second-order valence-electron chi connectivity index (χ2n) is 7.28. The summed E-state index contributed by atoms with van der Waals surface area (Å²) in [5.41, 5.74) is 4.44. The SMILES string of the molecule is Cc1cccn2c(NC(=O)c3ccc(CS(C)(=O)=O)cc3)c(-c3ccccc3)nc12. The molecule has 0 fully saturated rings. The molecule has 0 saturated carbocycles. The monoisotopic (exact) mass is 419 g/mol. The topological polar surface area (TPSA) is 80.5 Å². The van der Waals surface area contributed by atoms with Gasteiger partial charge in [-0.3, -0.25) is 9.20 Å².